The first-order valence-corrected chi connectivity index (χ1v) is 14.0. The molecule has 2 fully saturated rings. The summed E-state index contributed by atoms with van der Waals surface area (Å²) >= 11 is 0. The molecule has 1 saturated carbocycles. The Labute approximate surface area is 228 Å². The van der Waals surface area contributed by atoms with Crippen molar-refractivity contribution in [1.29, 1.82) is 0 Å². The van der Waals surface area contributed by atoms with E-state index in [0.717, 1.165) is 62.9 Å². The molecule has 0 atom stereocenters. The highest BCUT2D eigenvalue weighted by atomic mass is 19.1. The molecule has 39 heavy (non-hydrogen) atoms. The summed E-state index contributed by atoms with van der Waals surface area (Å²) in [6, 6.07) is 7.17. The number of aryl methyl sites for hydroxylation is 1. The summed E-state index contributed by atoms with van der Waals surface area (Å²) in [5.41, 5.74) is 2.00. The predicted molar refractivity (Wildman–Crippen MR) is 148 cm³/mol. The third-order valence-electron chi connectivity index (χ3n) is 7.77. The summed E-state index contributed by atoms with van der Waals surface area (Å²) in [7, 11) is 0. The summed E-state index contributed by atoms with van der Waals surface area (Å²) in [5, 5.41) is 0. The molecule has 5 nitrogen and oxygen atoms in total. The van der Waals surface area contributed by atoms with E-state index in [2.05, 4.69) is 26.8 Å². The lowest BCUT2D eigenvalue weighted by molar-refractivity contribution is 0.207. The van der Waals surface area contributed by atoms with E-state index in [1.807, 2.05) is 12.4 Å². The van der Waals surface area contributed by atoms with Crippen molar-refractivity contribution in [3.05, 3.63) is 71.3 Å². The summed E-state index contributed by atoms with van der Waals surface area (Å²) in [6.07, 6.45) is 13.6. The van der Waals surface area contributed by atoms with Gasteiger partial charge in [0.1, 0.15) is 5.82 Å². The van der Waals surface area contributed by atoms with Crippen molar-refractivity contribution in [3.63, 3.8) is 0 Å². The van der Waals surface area contributed by atoms with E-state index >= 15 is 0 Å². The monoisotopic (exact) mass is 536 g/mol. The van der Waals surface area contributed by atoms with E-state index < -0.39 is 23.2 Å². The lowest BCUT2D eigenvalue weighted by atomic mass is 9.96. The van der Waals surface area contributed by atoms with Crippen LogP contribution >= 0.6 is 0 Å². The molecule has 1 aromatic heterocycles. The van der Waals surface area contributed by atoms with Crippen LogP contribution in [0.1, 0.15) is 63.0 Å². The van der Waals surface area contributed by atoms with Gasteiger partial charge in [0.25, 0.3) is 0 Å². The second kappa shape index (κ2) is 12.6. The van der Waals surface area contributed by atoms with E-state index in [1.165, 1.54) is 25.3 Å². The highest BCUT2D eigenvalue weighted by Gasteiger charge is 2.23. The van der Waals surface area contributed by atoms with Gasteiger partial charge in [0.05, 0.1) is 6.61 Å². The fraction of sp³-hybridized carbons (Fsp3) is 0.452. The minimum Gasteiger partial charge on any atom is -0.487 e. The number of benzene rings is 2. The summed E-state index contributed by atoms with van der Waals surface area (Å²) in [5.74, 6) is -1.78. The highest BCUT2D eigenvalue weighted by Crippen LogP contribution is 2.32. The van der Waals surface area contributed by atoms with Crippen molar-refractivity contribution in [2.24, 2.45) is 10.9 Å². The second-order valence-corrected chi connectivity index (χ2v) is 10.6. The minimum absolute atomic E-state index is 0.132. The van der Waals surface area contributed by atoms with E-state index in [0.29, 0.717) is 11.5 Å². The number of piperidine rings is 1. The van der Waals surface area contributed by atoms with Crippen molar-refractivity contribution in [2.75, 3.05) is 24.6 Å². The molecule has 0 unspecified atom stereocenters. The molecule has 0 amide bonds. The highest BCUT2D eigenvalue weighted by molar-refractivity contribution is 5.81. The molecule has 3 aromatic rings. The number of halogens is 3. The van der Waals surface area contributed by atoms with Gasteiger partial charge in [-0.25, -0.2) is 23.1 Å². The zero-order chi connectivity index (χ0) is 27.2. The largest absolute Gasteiger partial charge is 0.487 e. The molecular weight excluding hydrogens is 501 g/mol. The molecule has 5 rings (SSSR count). The molecule has 1 aliphatic heterocycles. The molecule has 2 aliphatic rings. The molecule has 1 aliphatic carbocycles. The number of ether oxygens (including phenoxy) is 1. The minimum atomic E-state index is -0.839. The van der Waals surface area contributed by atoms with E-state index in [9.17, 15) is 13.2 Å². The summed E-state index contributed by atoms with van der Waals surface area (Å²) < 4.78 is 50.3. The lowest BCUT2D eigenvalue weighted by Crippen LogP contribution is -2.36. The van der Waals surface area contributed by atoms with Gasteiger partial charge < -0.3 is 9.64 Å². The van der Waals surface area contributed by atoms with E-state index in [-0.39, 0.29) is 29.7 Å². The van der Waals surface area contributed by atoms with Crippen LogP contribution in [0.4, 0.5) is 19.1 Å². The first-order chi connectivity index (χ1) is 19.0. The summed E-state index contributed by atoms with van der Waals surface area (Å²) in [4.78, 5) is 15.6. The lowest BCUT2D eigenvalue weighted by Gasteiger charge is -2.31. The normalized spacial score (nSPS) is 17.2. The molecule has 0 spiro atoms. The van der Waals surface area contributed by atoms with Gasteiger partial charge in [-0.3, -0.25) is 4.99 Å². The van der Waals surface area contributed by atoms with Crippen molar-refractivity contribution in [3.8, 4) is 16.9 Å². The van der Waals surface area contributed by atoms with Crippen LogP contribution in [0, 0.1) is 23.4 Å². The van der Waals surface area contributed by atoms with Crippen LogP contribution in [0.3, 0.4) is 0 Å². The van der Waals surface area contributed by atoms with Gasteiger partial charge in [-0.15, -0.1) is 0 Å². The Balaban J connectivity index is 1.18. The standard InChI is InChI=1S/C31H35F3N4O/c1-2-21-17-36-31(37-18-21)38-12-10-22(11-13-38)20-39-30-28(33)15-24(16-29(30)34)26-9-8-23(14-27(26)32)19-35-25-6-4-3-5-7-25/h8-9,14-19,22,25H,2-7,10-13,20H2,1H3. The Hall–Kier alpha value is -3.42. The molecule has 0 radical (unpaired) electrons. The number of nitrogens with zero attached hydrogens (tertiary/aromatic N) is 4. The first-order valence-electron chi connectivity index (χ1n) is 14.0. The fourth-order valence-electron chi connectivity index (χ4n) is 5.32. The molecular formula is C31H35F3N4O. The van der Waals surface area contributed by atoms with Gasteiger partial charge in [0.2, 0.25) is 5.95 Å². The van der Waals surface area contributed by atoms with Gasteiger partial charge in [-0.1, -0.05) is 38.3 Å². The van der Waals surface area contributed by atoms with Gasteiger partial charge in [0, 0.05) is 43.3 Å². The molecule has 2 heterocycles. The number of hydrogen-bond acceptors (Lipinski definition) is 5. The number of aliphatic imine (C=N–C) groups is 1. The van der Waals surface area contributed by atoms with Crippen molar-refractivity contribution in [1.82, 2.24) is 9.97 Å². The third-order valence-corrected chi connectivity index (χ3v) is 7.77. The molecule has 0 N–H and O–H groups in total. The third kappa shape index (κ3) is 6.78. The predicted octanol–water partition coefficient (Wildman–Crippen LogP) is 7.17. The van der Waals surface area contributed by atoms with E-state index in [1.54, 1.807) is 18.3 Å². The van der Waals surface area contributed by atoms with Crippen molar-refractivity contribution < 1.29 is 17.9 Å². The number of rotatable bonds is 8. The van der Waals surface area contributed by atoms with E-state index in [4.69, 9.17) is 4.74 Å². The SMILES string of the molecule is CCc1cnc(N2CCC(COc3c(F)cc(-c4ccc(C=NC5CCCCC5)cc4F)cc3F)CC2)nc1. The van der Waals surface area contributed by atoms with Gasteiger partial charge in [0.15, 0.2) is 17.4 Å². The molecule has 8 heteroatoms. The molecule has 0 bridgehead atoms. The topological polar surface area (TPSA) is 50.6 Å². The number of aromatic nitrogens is 2. The average molecular weight is 537 g/mol. The number of anilines is 1. The van der Waals surface area contributed by atoms with Crippen LogP contribution in [0.2, 0.25) is 0 Å². The maximum atomic E-state index is 14.9. The zero-order valence-electron chi connectivity index (χ0n) is 22.4. The van der Waals surface area contributed by atoms with Crippen LogP contribution in [0.15, 0.2) is 47.7 Å². The Bertz CT molecular complexity index is 1260. The van der Waals surface area contributed by atoms with Crippen LogP contribution in [-0.2, 0) is 6.42 Å². The van der Waals surface area contributed by atoms with Crippen LogP contribution < -0.4 is 9.64 Å². The number of hydrogen-bond donors (Lipinski definition) is 0. The zero-order valence-corrected chi connectivity index (χ0v) is 22.4. The van der Waals surface area contributed by atoms with Gasteiger partial charge >= 0.3 is 0 Å². The maximum Gasteiger partial charge on any atom is 0.225 e. The van der Waals surface area contributed by atoms with Crippen molar-refractivity contribution >= 4 is 12.2 Å². The van der Waals surface area contributed by atoms with Crippen molar-refractivity contribution in [2.45, 2.75) is 64.3 Å². The van der Waals surface area contributed by atoms with Gasteiger partial charge in [-0.2, -0.15) is 0 Å². The van der Waals surface area contributed by atoms with Crippen LogP contribution in [0.25, 0.3) is 11.1 Å². The molecule has 2 aromatic carbocycles. The Morgan fingerprint density at radius 3 is 2.26 bits per heavy atom. The Morgan fingerprint density at radius 1 is 0.923 bits per heavy atom. The Kier molecular flexibility index (Phi) is 8.79. The smallest absolute Gasteiger partial charge is 0.225 e. The fourth-order valence-corrected chi connectivity index (χ4v) is 5.32. The quantitative estimate of drug-likeness (QED) is 0.287. The Morgan fingerprint density at radius 2 is 1.62 bits per heavy atom. The first kappa shape index (κ1) is 27.2. The molecule has 206 valence electrons. The second-order valence-electron chi connectivity index (χ2n) is 10.6. The van der Waals surface area contributed by atoms with Gasteiger partial charge in [-0.05, 0) is 72.9 Å². The molecule has 1 saturated heterocycles. The maximum absolute atomic E-state index is 14.9. The summed E-state index contributed by atoms with van der Waals surface area (Å²) in [6.45, 7) is 3.78. The van der Waals surface area contributed by atoms with Crippen LogP contribution in [-0.4, -0.2) is 41.9 Å². The average Bonchev–Trinajstić information content (AvgIpc) is 2.96. The van der Waals surface area contributed by atoms with Crippen LogP contribution in [0.5, 0.6) is 5.75 Å².